The first-order valence-corrected chi connectivity index (χ1v) is 14.9. The Bertz CT molecular complexity index is 1300. The number of fused-ring (bicyclic) bond motifs is 1. The van der Waals surface area contributed by atoms with E-state index in [1.54, 1.807) is 0 Å². The number of amides is 4. The maximum atomic E-state index is 13.6. The summed E-state index contributed by atoms with van der Waals surface area (Å²) >= 11 is 8.26. The number of benzene rings is 1. The molecule has 1 aromatic carbocycles. The van der Waals surface area contributed by atoms with Crippen molar-refractivity contribution in [3.63, 3.8) is 0 Å². The van der Waals surface area contributed by atoms with E-state index in [2.05, 4.69) is 40.9 Å². The van der Waals surface area contributed by atoms with Gasteiger partial charge in [0.1, 0.15) is 24.2 Å². The van der Waals surface area contributed by atoms with E-state index < -0.39 is 53.9 Å². The predicted octanol–water partition coefficient (Wildman–Crippen LogP) is -0.0665. The van der Waals surface area contributed by atoms with Crippen LogP contribution < -0.4 is 16.4 Å². The second kappa shape index (κ2) is 13.6. The summed E-state index contributed by atoms with van der Waals surface area (Å²) in [6, 6.07) is 2.99. The van der Waals surface area contributed by atoms with Gasteiger partial charge < -0.3 is 36.3 Å². The van der Waals surface area contributed by atoms with Gasteiger partial charge in [0.2, 0.25) is 23.6 Å². The topological polar surface area (TPSA) is 178 Å². The molecule has 222 valence electrons. The average Bonchev–Trinajstić information content (AvgIpc) is 3.73. The molecule has 2 aliphatic rings. The monoisotopic (exact) mass is 604 g/mol. The largest absolute Gasteiger partial charge is 0.480 e. The average molecular weight is 605 g/mol. The first kappa shape index (κ1) is 30.7. The van der Waals surface area contributed by atoms with Crippen LogP contribution in [-0.4, -0.2) is 104 Å². The number of carboxylic acid groups (broad SMARTS) is 1. The fraction of sp³-hybridized carbons (Fsp3) is 0.519. The first-order chi connectivity index (χ1) is 19.7. The number of H-pyrrole nitrogens is 1. The number of carboxylic acids is 1. The van der Waals surface area contributed by atoms with Gasteiger partial charge in [-0.15, -0.1) is 0 Å². The Kier molecular flexibility index (Phi) is 10.2. The summed E-state index contributed by atoms with van der Waals surface area (Å²) in [5.41, 5.74) is 8.02. The van der Waals surface area contributed by atoms with Crippen molar-refractivity contribution in [3.8, 4) is 0 Å². The van der Waals surface area contributed by atoms with Crippen molar-refractivity contribution in [1.29, 1.82) is 0 Å². The van der Waals surface area contributed by atoms with Gasteiger partial charge >= 0.3 is 5.97 Å². The number of carbonyl (C=O) groups is 5. The van der Waals surface area contributed by atoms with Crippen LogP contribution in [0.4, 0.5) is 0 Å². The van der Waals surface area contributed by atoms with Crippen LogP contribution in [0.3, 0.4) is 0 Å². The lowest BCUT2D eigenvalue weighted by molar-refractivity contribution is -0.148. The zero-order chi connectivity index (χ0) is 29.7. The molecule has 2 saturated heterocycles. The van der Waals surface area contributed by atoms with Gasteiger partial charge in [-0.3, -0.25) is 19.2 Å². The highest BCUT2D eigenvalue weighted by Gasteiger charge is 2.44. The summed E-state index contributed by atoms with van der Waals surface area (Å²) in [4.78, 5) is 70.3. The summed E-state index contributed by atoms with van der Waals surface area (Å²) in [7, 11) is 0. The highest BCUT2D eigenvalue weighted by atomic mass is 32.1. The predicted molar refractivity (Wildman–Crippen MR) is 159 cm³/mol. The molecule has 4 amide bonds. The molecule has 2 aliphatic heterocycles. The molecule has 12 nitrogen and oxygen atoms in total. The van der Waals surface area contributed by atoms with E-state index in [1.165, 1.54) is 9.80 Å². The van der Waals surface area contributed by atoms with E-state index in [0.717, 1.165) is 16.5 Å². The Balaban J connectivity index is 1.39. The molecular formula is C27H36N6O6S2. The van der Waals surface area contributed by atoms with E-state index >= 15 is 0 Å². The molecule has 0 unspecified atom stereocenters. The molecule has 0 aliphatic carbocycles. The third-order valence-electron chi connectivity index (χ3n) is 7.71. The van der Waals surface area contributed by atoms with E-state index in [-0.39, 0.29) is 23.8 Å². The number of aromatic amines is 1. The molecule has 0 bridgehead atoms. The summed E-state index contributed by atoms with van der Waals surface area (Å²) < 4.78 is 0. The molecular weight excluding hydrogens is 568 g/mol. The fourth-order valence-electron chi connectivity index (χ4n) is 5.53. The van der Waals surface area contributed by atoms with Gasteiger partial charge in [0.05, 0.1) is 6.04 Å². The van der Waals surface area contributed by atoms with Crippen LogP contribution in [0.5, 0.6) is 0 Å². The Morgan fingerprint density at radius 2 is 1.63 bits per heavy atom. The van der Waals surface area contributed by atoms with Gasteiger partial charge in [0.15, 0.2) is 0 Å². The number of hydrogen-bond acceptors (Lipinski definition) is 8. The van der Waals surface area contributed by atoms with Crippen molar-refractivity contribution in [2.24, 2.45) is 5.73 Å². The quantitative estimate of drug-likeness (QED) is 0.176. The number of thiol groups is 2. The summed E-state index contributed by atoms with van der Waals surface area (Å²) in [6.45, 7) is 0.645. The number of carbonyl (C=O) groups excluding carboxylic acids is 4. The van der Waals surface area contributed by atoms with E-state index in [1.807, 2.05) is 30.5 Å². The van der Waals surface area contributed by atoms with Crippen LogP contribution >= 0.6 is 25.3 Å². The maximum Gasteiger partial charge on any atom is 0.327 e. The molecule has 0 spiro atoms. The van der Waals surface area contributed by atoms with Crippen molar-refractivity contribution in [2.45, 2.75) is 62.3 Å². The molecule has 5 atom stereocenters. The van der Waals surface area contributed by atoms with Gasteiger partial charge in [-0.05, 0) is 43.7 Å². The van der Waals surface area contributed by atoms with Crippen LogP contribution in [0.15, 0.2) is 30.5 Å². The van der Waals surface area contributed by atoms with E-state index in [9.17, 15) is 29.1 Å². The number of nitrogens with two attached hydrogens (primary N) is 1. The standard InChI is InChI=1S/C27H36N6O6S2/c28-17(11-15-12-29-18-6-2-1-5-16(15)18)23(34)30-19(13-40)25(36)33-10-4-8-22(33)26(37)32-9-3-7-21(32)24(35)31-20(14-41)27(38)39/h1-2,5-6,12,17,19-22,29,40-41H,3-4,7-11,13-14,28H2,(H,30,34)(H,31,35)(H,38,39)/t17-,19-,20-,21-,22-/m0/s1. The minimum absolute atomic E-state index is 0.0108. The van der Waals surface area contributed by atoms with Crippen molar-refractivity contribution in [3.05, 3.63) is 36.0 Å². The molecule has 1 aromatic heterocycles. The van der Waals surface area contributed by atoms with Gasteiger partial charge in [-0.1, -0.05) is 18.2 Å². The first-order valence-electron chi connectivity index (χ1n) is 13.6. The number of para-hydroxylation sites is 1. The lowest BCUT2D eigenvalue weighted by atomic mass is 10.0. The summed E-state index contributed by atoms with van der Waals surface area (Å²) in [5, 5.41) is 15.4. The van der Waals surface area contributed by atoms with Crippen LogP contribution in [0.1, 0.15) is 31.2 Å². The molecule has 2 fully saturated rings. The number of aliphatic carboxylic acids is 1. The van der Waals surface area contributed by atoms with Crippen molar-refractivity contribution in [2.75, 3.05) is 24.6 Å². The number of hydrogen-bond donors (Lipinski definition) is 7. The SMILES string of the molecule is N[C@@H](Cc1c[nH]c2ccccc12)C(=O)N[C@@H](CS)C(=O)N1CCC[C@H]1C(=O)N1CCC[C@H]1C(=O)N[C@@H](CS)C(=O)O. The Morgan fingerprint density at radius 3 is 2.32 bits per heavy atom. The molecule has 3 heterocycles. The smallest absolute Gasteiger partial charge is 0.327 e. The van der Waals surface area contributed by atoms with Crippen LogP contribution in [0.25, 0.3) is 10.9 Å². The maximum absolute atomic E-state index is 13.6. The molecule has 0 radical (unpaired) electrons. The highest BCUT2D eigenvalue weighted by molar-refractivity contribution is 7.80. The van der Waals surface area contributed by atoms with Crippen molar-refractivity contribution >= 4 is 65.8 Å². The molecule has 41 heavy (non-hydrogen) atoms. The Labute approximate surface area is 248 Å². The van der Waals surface area contributed by atoms with E-state index in [0.29, 0.717) is 38.8 Å². The zero-order valence-corrected chi connectivity index (χ0v) is 24.3. The highest BCUT2D eigenvalue weighted by Crippen LogP contribution is 2.26. The Hall–Kier alpha value is -3.23. The van der Waals surface area contributed by atoms with Gasteiger partial charge in [-0.2, -0.15) is 25.3 Å². The molecule has 4 rings (SSSR count). The fourth-order valence-corrected chi connectivity index (χ4v) is 6.02. The number of nitrogens with zero attached hydrogens (tertiary/aromatic N) is 2. The number of aromatic nitrogens is 1. The molecule has 2 aromatic rings. The van der Waals surface area contributed by atoms with Crippen LogP contribution in [0, 0.1) is 0 Å². The second-order valence-corrected chi connectivity index (χ2v) is 11.1. The minimum Gasteiger partial charge on any atom is -0.480 e. The Morgan fingerprint density at radius 1 is 0.976 bits per heavy atom. The number of rotatable bonds is 11. The van der Waals surface area contributed by atoms with E-state index in [4.69, 9.17) is 5.73 Å². The third-order valence-corrected chi connectivity index (χ3v) is 8.44. The van der Waals surface area contributed by atoms with Crippen molar-refractivity contribution in [1.82, 2.24) is 25.4 Å². The summed E-state index contributed by atoms with van der Waals surface area (Å²) in [6.07, 6.45) is 4.04. The second-order valence-electron chi connectivity index (χ2n) is 10.4. The van der Waals surface area contributed by atoms with Crippen molar-refractivity contribution < 1.29 is 29.1 Å². The number of likely N-dealkylation sites (tertiary alicyclic amines) is 2. The van der Waals surface area contributed by atoms with Gasteiger partial charge in [0, 0.05) is 41.7 Å². The van der Waals surface area contributed by atoms with Gasteiger partial charge in [-0.25, -0.2) is 4.79 Å². The summed E-state index contributed by atoms with van der Waals surface area (Å²) in [5.74, 6) is -3.16. The normalized spacial score (nSPS) is 21.0. The van der Waals surface area contributed by atoms with Crippen LogP contribution in [-0.2, 0) is 30.4 Å². The molecule has 14 heteroatoms. The molecule has 6 N–H and O–H groups in total. The lowest BCUT2D eigenvalue weighted by Crippen LogP contribution is -2.58. The minimum atomic E-state index is -1.21. The molecule has 0 saturated carbocycles. The lowest BCUT2D eigenvalue weighted by Gasteiger charge is -2.33. The third kappa shape index (κ3) is 6.81. The zero-order valence-electron chi connectivity index (χ0n) is 22.5. The van der Waals surface area contributed by atoms with Crippen LogP contribution in [0.2, 0.25) is 0 Å². The van der Waals surface area contributed by atoms with Gasteiger partial charge in [0.25, 0.3) is 0 Å². The number of nitrogens with one attached hydrogen (secondary N) is 3.